The van der Waals surface area contributed by atoms with Crippen LogP contribution in [0.5, 0.6) is 11.6 Å². The Balaban J connectivity index is 2.38. The number of aromatic nitrogens is 2. The third-order valence-electron chi connectivity index (χ3n) is 2.23. The molecule has 0 radical (unpaired) electrons. The highest BCUT2D eigenvalue weighted by molar-refractivity contribution is 6.34. The summed E-state index contributed by atoms with van der Waals surface area (Å²) in [6.45, 7) is 0. The number of nitrogens with zero attached hydrogens (tertiary/aromatic N) is 4. The van der Waals surface area contributed by atoms with E-state index in [-0.39, 0.29) is 17.2 Å². The van der Waals surface area contributed by atoms with Gasteiger partial charge in [0, 0.05) is 6.07 Å². The number of hydrogen-bond acceptors (Lipinski definition) is 4. The number of carbonyl (C=O) groups is 1. The minimum absolute atomic E-state index is 0.0819. The van der Waals surface area contributed by atoms with E-state index in [0.717, 1.165) is 12.1 Å². The van der Waals surface area contributed by atoms with Gasteiger partial charge in [-0.05, 0) is 18.2 Å². The van der Waals surface area contributed by atoms with Crippen molar-refractivity contribution in [1.82, 2.24) is 10.2 Å². The first-order valence-electron chi connectivity index (χ1n) is 5.28. The lowest BCUT2D eigenvalue weighted by Gasteiger charge is -2.07. The van der Waals surface area contributed by atoms with Crippen LogP contribution in [0.2, 0.25) is 0 Å². The van der Waals surface area contributed by atoms with Gasteiger partial charge in [0.1, 0.15) is 5.82 Å². The van der Waals surface area contributed by atoms with E-state index in [1.807, 2.05) is 0 Å². The van der Waals surface area contributed by atoms with Crippen molar-refractivity contribution < 1.29 is 23.1 Å². The van der Waals surface area contributed by atoms with Crippen LogP contribution in [-0.4, -0.2) is 27.0 Å². The molecule has 0 aliphatic carbocycles. The highest BCUT2D eigenvalue weighted by Gasteiger charge is 2.17. The molecule has 0 bridgehead atoms. The molecule has 1 aromatic heterocycles. The molecular formula is C12H6F2N4O2. The fourth-order valence-electron chi connectivity index (χ4n) is 1.37. The SMILES string of the molecule is [N-]=[N+]=CC(=O)c1ccnnc1Oc1ccc(F)cc1F. The minimum Gasteiger partial charge on any atom is -0.434 e. The molecule has 0 saturated heterocycles. The third-order valence-corrected chi connectivity index (χ3v) is 2.23. The van der Waals surface area contributed by atoms with Gasteiger partial charge in [-0.25, -0.2) is 8.78 Å². The highest BCUT2D eigenvalue weighted by Crippen LogP contribution is 2.25. The van der Waals surface area contributed by atoms with Gasteiger partial charge in [-0.2, -0.15) is 9.89 Å². The number of ketones is 1. The predicted octanol–water partition coefficient (Wildman–Crippen LogP) is 2.03. The van der Waals surface area contributed by atoms with Gasteiger partial charge in [-0.3, -0.25) is 4.79 Å². The minimum atomic E-state index is -0.954. The van der Waals surface area contributed by atoms with Crippen LogP contribution < -0.4 is 4.74 Å². The molecule has 0 atom stereocenters. The quantitative estimate of drug-likeness (QED) is 0.370. The average molecular weight is 276 g/mol. The summed E-state index contributed by atoms with van der Waals surface area (Å²) in [6.07, 6.45) is 1.84. The average Bonchev–Trinajstić information content (AvgIpc) is 2.43. The molecule has 0 aliphatic rings. The van der Waals surface area contributed by atoms with E-state index >= 15 is 0 Å². The van der Waals surface area contributed by atoms with Crippen LogP contribution >= 0.6 is 0 Å². The van der Waals surface area contributed by atoms with Gasteiger partial charge >= 0.3 is 6.21 Å². The zero-order valence-electron chi connectivity index (χ0n) is 9.83. The lowest BCUT2D eigenvalue weighted by Crippen LogP contribution is -2.06. The molecule has 2 aromatic rings. The third kappa shape index (κ3) is 2.88. The van der Waals surface area contributed by atoms with Crippen molar-refractivity contribution in [2.45, 2.75) is 0 Å². The van der Waals surface area contributed by atoms with Crippen LogP contribution in [0, 0.1) is 11.6 Å². The molecule has 0 saturated carbocycles. The van der Waals surface area contributed by atoms with Crippen molar-refractivity contribution in [2.24, 2.45) is 0 Å². The Morgan fingerprint density at radius 1 is 1.35 bits per heavy atom. The second kappa shape index (κ2) is 5.77. The first kappa shape index (κ1) is 13.4. The Kier molecular flexibility index (Phi) is 3.88. The van der Waals surface area contributed by atoms with Crippen LogP contribution in [0.4, 0.5) is 8.78 Å². The Hall–Kier alpha value is -2.99. The zero-order valence-corrected chi connectivity index (χ0v) is 9.83. The fourth-order valence-corrected chi connectivity index (χ4v) is 1.37. The Labute approximate surface area is 111 Å². The number of halogens is 2. The van der Waals surface area contributed by atoms with Gasteiger partial charge in [0.05, 0.1) is 11.8 Å². The summed E-state index contributed by atoms with van der Waals surface area (Å²) in [5, 5.41) is 7.04. The standard InChI is InChI=1S/C12H6F2N4O2/c13-7-1-2-11(9(14)5-7)20-12-8(3-4-17-18-12)10(19)6-16-15/h1-6H. The Morgan fingerprint density at radius 2 is 2.15 bits per heavy atom. The number of carbonyl (C=O) groups excluding carboxylic acids is 1. The van der Waals surface area contributed by atoms with E-state index in [0.29, 0.717) is 12.3 Å². The molecule has 20 heavy (non-hydrogen) atoms. The topological polar surface area (TPSA) is 88.5 Å². The van der Waals surface area contributed by atoms with Gasteiger partial charge in [-0.1, -0.05) is 0 Å². The summed E-state index contributed by atoms with van der Waals surface area (Å²) in [5.41, 5.74) is 8.24. The van der Waals surface area contributed by atoms with Crippen molar-refractivity contribution in [2.75, 3.05) is 0 Å². The molecule has 1 aromatic carbocycles. The molecule has 0 N–H and O–H groups in total. The molecule has 8 heteroatoms. The number of hydrogen-bond donors (Lipinski definition) is 0. The maximum atomic E-state index is 13.5. The smallest absolute Gasteiger partial charge is 0.328 e. The van der Waals surface area contributed by atoms with Gasteiger partial charge in [0.2, 0.25) is 0 Å². The van der Waals surface area contributed by atoms with Gasteiger partial charge < -0.3 is 10.3 Å². The fraction of sp³-hybridized carbons (Fsp3) is 0. The number of rotatable bonds is 4. The Bertz CT molecular complexity index is 714. The van der Waals surface area contributed by atoms with Crippen LogP contribution in [0.25, 0.3) is 5.53 Å². The zero-order chi connectivity index (χ0) is 14.5. The van der Waals surface area contributed by atoms with Crippen molar-refractivity contribution in [1.29, 1.82) is 0 Å². The molecule has 100 valence electrons. The monoisotopic (exact) mass is 276 g/mol. The van der Waals surface area contributed by atoms with E-state index in [9.17, 15) is 13.6 Å². The van der Waals surface area contributed by atoms with Crippen LogP contribution in [0.3, 0.4) is 0 Å². The van der Waals surface area contributed by atoms with Gasteiger partial charge in [-0.15, -0.1) is 5.10 Å². The van der Waals surface area contributed by atoms with E-state index in [2.05, 4.69) is 15.0 Å². The van der Waals surface area contributed by atoms with Crippen molar-refractivity contribution in [3.63, 3.8) is 0 Å². The van der Waals surface area contributed by atoms with Gasteiger partial charge in [0.25, 0.3) is 11.7 Å². The summed E-state index contributed by atoms with van der Waals surface area (Å²) in [7, 11) is 0. The second-order valence-corrected chi connectivity index (χ2v) is 3.54. The van der Waals surface area contributed by atoms with E-state index in [1.165, 1.54) is 12.3 Å². The first-order chi connectivity index (χ1) is 9.61. The summed E-state index contributed by atoms with van der Waals surface area (Å²) >= 11 is 0. The molecule has 1 heterocycles. The summed E-state index contributed by atoms with van der Waals surface area (Å²) < 4.78 is 31.3. The van der Waals surface area contributed by atoms with E-state index in [4.69, 9.17) is 10.3 Å². The molecule has 0 aliphatic heterocycles. The van der Waals surface area contributed by atoms with Crippen LogP contribution in [-0.2, 0) is 0 Å². The van der Waals surface area contributed by atoms with E-state index in [1.54, 1.807) is 0 Å². The molecule has 0 unspecified atom stereocenters. The van der Waals surface area contributed by atoms with Crippen LogP contribution in [0.15, 0.2) is 30.5 Å². The molecule has 2 rings (SSSR count). The van der Waals surface area contributed by atoms with Crippen LogP contribution in [0.1, 0.15) is 10.4 Å². The molecular weight excluding hydrogens is 270 g/mol. The first-order valence-corrected chi connectivity index (χ1v) is 5.28. The molecule has 0 amide bonds. The maximum Gasteiger partial charge on any atom is 0.328 e. The number of benzene rings is 1. The molecule has 0 fully saturated rings. The van der Waals surface area contributed by atoms with Gasteiger partial charge in [0.15, 0.2) is 11.6 Å². The Morgan fingerprint density at radius 3 is 2.85 bits per heavy atom. The predicted molar refractivity (Wildman–Crippen MR) is 62.5 cm³/mol. The lowest BCUT2D eigenvalue weighted by molar-refractivity contribution is 0.00231. The summed E-state index contributed by atoms with van der Waals surface area (Å²) in [6, 6.07) is 3.93. The number of ether oxygens (including phenoxy) is 1. The largest absolute Gasteiger partial charge is 0.434 e. The normalized spacial score (nSPS) is 9.70. The maximum absolute atomic E-state index is 13.5. The highest BCUT2D eigenvalue weighted by atomic mass is 19.1. The van der Waals surface area contributed by atoms with Crippen molar-refractivity contribution in [3.8, 4) is 11.6 Å². The summed E-state index contributed by atoms with van der Waals surface area (Å²) in [5.74, 6) is -3.03. The molecule has 6 nitrogen and oxygen atoms in total. The summed E-state index contributed by atoms with van der Waals surface area (Å²) in [4.78, 5) is 14.2. The van der Waals surface area contributed by atoms with Crippen molar-refractivity contribution >= 4 is 12.0 Å². The molecule has 0 spiro atoms. The van der Waals surface area contributed by atoms with E-state index < -0.39 is 17.4 Å². The number of Topliss-reactive ketones (excluding diaryl/α,β-unsaturated/α-hetero) is 1. The second-order valence-electron chi connectivity index (χ2n) is 3.54. The lowest BCUT2D eigenvalue weighted by atomic mass is 10.2. The van der Waals surface area contributed by atoms with Crippen molar-refractivity contribution in [3.05, 3.63) is 53.2 Å².